The summed E-state index contributed by atoms with van der Waals surface area (Å²) in [6.45, 7) is 2.51. The summed E-state index contributed by atoms with van der Waals surface area (Å²) in [5, 5.41) is 14.3. The highest BCUT2D eigenvalue weighted by Gasteiger charge is 2.32. The molecule has 0 radical (unpaired) electrons. The predicted molar refractivity (Wildman–Crippen MR) is 124 cm³/mol. The lowest BCUT2D eigenvalue weighted by Crippen LogP contribution is -2.40. The van der Waals surface area contributed by atoms with Gasteiger partial charge in [-0.05, 0) is 53.9 Å². The fraction of sp³-hybridized carbons (Fsp3) is 0.423. The first kappa shape index (κ1) is 22.8. The molecule has 2 aliphatic rings. The van der Waals surface area contributed by atoms with Crippen molar-refractivity contribution in [3.8, 4) is 11.1 Å². The van der Waals surface area contributed by atoms with Crippen LogP contribution in [0.3, 0.4) is 0 Å². The summed E-state index contributed by atoms with van der Waals surface area (Å²) in [7, 11) is 0. The van der Waals surface area contributed by atoms with E-state index in [9.17, 15) is 14.4 Å². The summed E-state index contributed by atoms with van der Waals surface area (Å²) in [6, 6.07) is 16.1. The Hall–Kier alpha value is -3.35. The van der Waals surface area contributed by atoms with Crippen molar-refractivity contribution in [2.24, 2.45) is 11.8 Å². The average molecular weight is 451 g/mol. The van der Waals surface area contributed by atoms with Gasteiger partial charge in [0, 0.05) is 24.9 Å². The Kier molecular flexibility index (Phi) is 6.96. The molecule has 0 saturated heterocycles. The number of carbonyl (C=O) groups excluding carboxylic acids is 2. The first-order chi connectivity index (χ1) is 15.9. The smallest absolute Gasteiger partial charge is 0.407 e. The number of benzene rings is 2. The Labute approximate surface area is 193 Å². The van der Waals surface area contributed by atoms with E-state index in [-0.39, 0.29) is 30.2 Å². The number of amides is 2. The van der Waals surface area contributed by atoms with Crippen LogP contribution >= 0.6 is 0 Å². The minimum atomic E-state index is -0.925. The lowest BCUT2D eigenvalue weighted by Gasteiger charge is -2.35. The number of alkyl carbamates (subject to hydrolysis) is 1. The van der Waals surface area contributed by atoms with E-state index < -0.39 is 12.1 Å². The Morgan fingerprint density at radius 3 is 2.21 bits per heavy atom. The van der Waals surface area contributed by atoms with E-state index in [1.54, 1.807) is 6.92 Å². The van der Waals surface area contributed by atoms with Crippen LogP contribution in [0, 0.1) is 11.8 Å². The van der Waals surface area contributed by atoms with Crippen LogP contribution in [0.4, 0.5) is 4.79 Å². The van der Waals surface area contributed by atoms with Crippen LogP contribution < -0.4 is 10.6 Å². The van der Waals surface area contributed by atoms with Gasteiger partial charge in [-0.25, -0.2) is 4.79 Å². The fourth-order valence-corrected chi connectivity index (χ4v) is 4.99. The van der Waals surface area contributed by atoms with E-state index >= 15 is 0 Å². The Morgan fingerprint density at radius 2 is 1.61 bits per heavy atom. The van der Waals surface area contributed by atoms with Gasteiger partial charge in [-0.15, -0.1) is 0 Å². The molecule has 0 aromatic heterocycles. The SMILES string of the molecule is C[C@H](CC(=O)O)NC(=O)CC1CC(CNC(=O)OCC2c3ccccc3-c3ccccc32)C1. The molecule has 174 valence electrons. The first-order valence-corrected chi connectivity index (χ1v) is 11.5. The minimum absolute atomic E-state index is 0.0401. The highest BCUT2D eigenvalue weighted by molar-refractivity contribution is 5.79. The summed E-state index contributed by atoms with van der Waals surface area (Å²) < 4.78 is 5.56. The number of aliphatic carboxylic acids is 1. The van der Waals surface area contributed by atoms with Crippen molar-refractivity contribution in [3.63, 3.8) is 0 Å². The summed E-state index contributed by atoms with van der Waals surface area (Å²) in [5.74, 6) is -0.392. The van der Waals surface area contributed by atoms with Crippen LogP contribution in [0.5, 0.6) is 0 Å². The molecule has 2 aliphatic carbocycles. The monoisotopic (exact) mass is 450 g/mol. The normalized spacial score (nSPS) is 19.5. The maximum atomic E-state index is 12.3. The molecule has 4 rings (SSSR count). The van der Waals surface area contributed by atoms with Crippen molar-refractivity contribution >= 4 is 18.0 Å². The number of carboxylic acid groups (broad SMARTS) is 1. The molecule has 2 amide bonds. The molecule has 2 aromatic rings. The van der Waals surface area contributed by atoms with Gasteiger partial charge in [0.15, 0.2) is 0 Å². The van der Waals surface area contributed by atoms with Gasteiger partial charge in [-0.1, -0.05) is 48.5 Å². The highest BCUT2D eigenvalue weighted by Crippen LogP contribution is 2.44. The Morgan fingerprint density at radius 1 is 1.00 bits per heavy atom. The second kappa shape index (κ2) is 10.1. The molecule has 0 heterocycles. The molecule has 7 heteroatoms. The van der Waals surface area contributed by atoms with E-state index in [4.69, 9.17) is 9.84 Å². The Balaban J connectivity index is 1.17. The minimum Gasteiger partial charge on any atom is -0.481 e. The summed E-state index contributed by atoms with van der Waals surface area (Å²) >= 11 is 0. The molecule has 0 bridgehead atoms. The third kappa shape index (κ3) is 5.53. The zero-order valence-electron chi connectivity index (χ0n) is 18.8. The van der Waals surface area contributed by atoms with E-state index in [1.165, 1.54) is 22.3 Å². The van der Waals surface area contributed by atoms with E-state index in [0.29, 0.717) is 25.5 Å². The number of hydrogen-bond acceptors (Lipinski definition) is 4. The van der Waals surface area contributed by atoms with Gasteiger partial charge in [0.05, 0.1) is 6.42 Å². The fourth-order valence-electron chi connectivity index (χ4n) is 4.99. The van der Waals surface area contributed by atoms with Crippen molar-refractivity contribution in [2.75, 3.05) is 13.2 Å². The number of carboxylic acids is 1. The van der Waals surface area contributed by atoms with Gasteiger partial charge in [0.1, 0.15) is 6.61 Å². The highest BCUT2D eigenvalue weighted by atomic mass is 16.5. The number of carbonyl (C=O) groups is 3. The molecule has 7 nitrogen and oxygen atoms in total. The molecular weight excluding hydrogens is 420 g/mol. The third-order valence-corrected chi connectivity index (χ3v) is 6.57. The number of rotatable bonds is 9. The van der Waals surface area contributed by atoms with Crippen LogP contribution in [0.1, 0.15) is 49.7 Å². The van der Waals surface area contributed by atoms with Crippen LogP contribution in [0.25, 0.3) is 11.1 Å². The maximum Gasteiger partial charge on any atom is 0.407 e. The van der Waals surface area contributed by atoms with Crippen molar-refractivity contribution in [3.05, 3.63) is 59.7 Å². The number of hydrogen-bond donors (Lipinski definition) is 3. The summed E-state index contributed by atoms with van der Waals surface area (Å²) in [4.78, 5) is 35.0. The molecule has 1 fully saturated rings. The van der Waals surface area contributed by atoms with Crippen LogP contribution in [-0.2, 0) is 14.3 Å². The largest absolute Gasteiger partial charge is 0.481 e. The van der Waals surface area contributed by atoms with Gasteiger partial charge < -0.3 is 20.5 Å². The molecule has 3 N–H and O–H groups in total. The summed E-state index contributed by atoms with van der Waals surface area (Å²) in [6.07, 6.45) is 1.63. The van der Waals surface area contributed by atoms with E-state index in [2.05, 4.69) is 34.9 Å². The van der Waals surface area contributed by atoms with Crippen molar-refractivity contribution in [1.29, 1.82) is 0 Å². The quantitative estimate of drug-likeness (QED) is 0.537. The molecule has 2 aromatic carbocycles. The Bertz CT molecular complexity index is 985. The zero-order chi connectivity index (χ0) is 23.4. The lowest BCUT2D eigenvalue weighted by atomic mass is 9.73. The zero-order valence-corrected chi connectivity index (χ0v) is 18.8. The standard InChI is InChI=1S/C26H30N2O5/c1-16(10-25(30)31)28-24(29)13-17-11-18(12-17)14-27-26(32)33-15-23-21-8-4-2-6-19(21)20-7-3-5-9-22(20)23/h2-9,16-18,23H,10-15H2,1H3,(H,27,32)(H,28,29)(H,30,31)/t16-,17?,18?/m1/s1. The second-order valence-corrected chi connectivity index (χ2v) is 9.18. The second-order valence-electron chi connectivity index (χ2n) is 9.18. The molecule has 1 saturated carbocycles. The topological polar surface area (TPSA) is 105 Å². The average Bonchev–Trinajstić information content (AvgIpc) is 3.07. The van der Waals surface area contributed by atoms with Crippen molar-refractivity contribution in [1.82, 2.24) is 10.6 Å². The number of nitrogens with one attached hydrogen (secondary N) is 2. The molecule has 0 unspecified atom stereocenters. The lowest BCUT2D eigenvalue weighted by molar-refractivity contribution is -0.137. The predicted octanol–water partition coefficient (Wildman–Crippen LogP) is 3.92. The van der Waals surface area contributed by atoms with Gasteiger partial charge in [-0.3, -0.25) is 9.59 Å². The first-order valence-electron chi connectivity index (χ1n) is 11.5. The molecule has 1 atom stereocenters. The van der Waals surface area contributed by atoms with E-state index in [0.717, 1.165) is 12.8 Å². The summed E-state index contributed by atoms with van der Waals surface area (Å²) in [5.41, 5.74) is 4.77. The van der Waals surface area contributed by atoms with Crippen LogP contribution in [0.2, 0.25) is 0 Å². The third-order valence-electron chi connectivity index (χ3n) is 6.57. The van der Waals surface area contributed by atoms with Crippen LogP contribution in [-0.4, -0.2) is 42.3 Å². The molecule has 0 spiro atoms. The van der Waals surface area contributed by atoms with Gasteiger partial charge >= 0.3 is 12.1 Å². The van der Waals surface area contributed by atoms with E-state index in [1.807, 2.05) is 24.3 Å². The van der Waals surface area contributed by atoms with Crippen molar-refractivity contribution < 1.29 is 24.2 Å². The van der Waals surface area contributed by atoms with Gasteiger partial charge in [0.25, 0.3) is 0 Å². The van der Waals surface area contributed by atoms with Crippen LogP contribution in [0.15, 0.2) is 48.5 Å². The van der Waals surface area contributed by atoms with Gasteiger partial charge in [0.2, 0.25) is 5.91 Å². The molecular formula is C26H30N2O5. The number of ether oxygens (including phenoxy) is 1. The molecule has 33 heavy (non-hydrogen) atoms. The number of fused-ring (bicyclic) bond motifs is 3. The van der Waals surface area contributed by atoms with Crippen molar-refractivity contribution in [2.45, 2.75) is 44.6 Å². The maximum absolute atomic E-state index is 12.3. The molecule has 0 aliphatic heterocycles. The van der Waals surface area contributed by atoms with Gasteiger partial charge in [-0.2, -0.15) is 0 Å².